The first-order valence-electron chi connectivity index (χ1n) is 12.3. The Kier molecular flexibility index (Phi) is 10.7. The van der Waals surface area contributed by atoms with Crippen molar-refractivity contribution in [1.29, 1.82) is 0 Å². The van der Waals surface area contributed by atoms with E-state index in [9.17, 15) is 18.0 Å². The van der Waals surface area contributed by atoms with Gasteiger partial charge in [-0.15, -0.1) is 0 Å². The van der Waals surface area contributed by atoms with Crippen molar-refractivity contribution >= 4 is 62.3 Å². The average Bonchev–Trinajstić information content (AvgIpc) is 2.90. The van der Waals surface area contributed by atoms with E-state index in [4.69, 9.17) is 34.8 Å². The van der Waals surface area contributed by atoms with Crippen LogP contribution in [-0.4, -0.2) is 44.3 Å². The fourth-order valence-corrected chi connectivity index (χ4v) is 6.03. The third kappa shape index (κ3) is 7.66. The standard InChI is InChI=1S/C28H30Cl3N3O4S/c1-19(2)16-32-28(36)20(3)33(17-22-23(29)13-9-14-24(22)30)27(35)18-34(26-15-8-7-12-25(26)31)39(37,38)21-10-5-4-6-11-21/h4-15,19-20H,16-18H2,1-3H3,(H,32,36)/t20-/m0/s1. The molecule has 0 saturated carbocycles. The first-order valence-corrected chi connectivity index (χ1v) is 14.8. The number of carbonyl (C=O) groups excluding carboxylic acids is 2. The number of benzene rings is 3. The zero-order chi connectivity index (χ0) is 28.7. The highest BCUT2D eigenvalue weighted by Crippen LogP contribution is 2.31. The molecule has 1 atom stereocenters. The monoisotopic (exact) mass is 609 g/mol. The lowest BCUT2D eigenvalue weighted by atomic mass is 10.1. The number of rotatable bonds is 11. The molecule has 3 rings (SSSR count). The molecule has 0 saturated heterocycles. The molecule has 11 heteroatoms. The van der Waals surface area contributed by atoms with Crippen LogP contribution in [0.1, 0.15) is 26.3 Å². The molecular formula is C28H30Cl3N3O4S. The van der Waals surface area contributed by atoms with Gasteiger partial charge >= 0.3 is 0 Å². The van der Waals surface area contributed by atoms with Crippen LogP contribution in [-0.2, 0) is 26.2 Å². The first-order chi connectivity index (χ1) is 18.4. The van der Waals surface area contributed by atoms with Gasteiger partial charge in [0, 0.05) is 28.7 Å². The van der Waals surface area contributed by atoms with Crippen LogP contribution >= 0.6 is 34.8 Å². The predicted molar refractivity (Wildman–Crippen MR) is 157 cm³/mol. The summed E-state index contributed by atoms with van der Waals surface area (Å²) >= 11 is 19.2. The molecule has 0 heterocycles. The van der Waals surface area contributed by atoms with Crippen LogP contribution in [0, 0.1) is 5.92 Å². The van der Waals surface area contributed by atoms with Crippen molar-refractivity contribution in [3.63, 3.8) is 0 Å². The number of amides is 2. The van der Waals surface area contributed by atoms with E-state index >= 15 is 0 Å². The van der Waals surface area contributed by atoms with Gasteiger partial charge in [-0.3, -0.25) is 13.9 Å². The van der Waals surface area contributed by atoms with E-state index in [1.54, 1.807) is 55.5 Å². The van der Waals surface area contributed by atoms with Crippen molar-refractivity contribution in [3.8, 4) is 0 Å². The molecule has 0 radical (unpaired) electrons. The van der Waals surface area contributed by atoms with Crippen molar-refractivity contribution in [1.82, 2.24) is 10.2 Å². The number of anilines is 1. The molecule has 3 aromatic carbocycles. The second-order valence-corrected chi connectivity index (χ2v) is 12.4. The summed E-state index contributed by atoms with van der Waals surface area (Å²) in [6.07, 6.45) is 0. The van der Waals surface area contributed by atoms with Gasteiger partial charge in [0.25, 0.3) is 10.0 Å². The van der Waals surface area contributed by atoms with Gasteiger partial charge in [0.2, 0.25) is 11.8 Å². The summed E-state index contributed by atoms with van der Waals surface area (Å²) < 4.78 is 28.5. The Labute approximate surface area is 244 Å². The summed E-state index contributed by atoms with van der Waals surface area (Å²) in [5.74, 6) is -0.844. The van der Waals surface area contributed by atoms with E-state index in [-0.39, 0.29) is 28.1 Å². The van der Waals surface area contributed by atoms with E-state index in [0.29, 0.717) is 22.2 Å². The van der Waals surface area contributed by atoms with Gasteiger partial charge in [0.15, 0.2) is 0 Å². The number of nitrogens with zero attached hydrogens (tertiary/aromatic N) is 2. The Bertz CT molecular complexity index is 1400. The van der Waals surface area contributed by atoms with Gasteiger partial charge in [-0.25, -0.2) is 8.42 Å². The summed E-state index contributed by atoms with van der Waals surface area (Å²) in [6, 6.07) is 18.1. The second kappa shape index (κ2) is 13.5. The molecule has 208 valence electrons. The first kappa shape index (κ1) is 30.8. The Morgan fingerprint density at radius 1 is 0.821 bits per heavy atom. The third-order valence-corrected chi connectivity index (χ3v) is 8.77. The molecule has 7 nitrogen and oxygen atoms in total. The van der Waals surface area contributed by atoms with Gasteiger partial charge in [0.05, 0.1) is 15.6 Å². The average molecular weight is 611 g/mol. The predicted octanol–water partition coefficient (Wildman–Crippen LogP) is 6.03. The third-order valence-electron chi connectivity index (χ3n) is 5.97. The molecule has 1 N–H and O–H groups in total. The molecular weight excluding hydrogens is 581 g/mol. The molecule has 0 aromatic heterocycles. The number of para-hydroxylation sites is 1. The molecule has 3 aromatic rings. The fraction of sp³-hybridized carbons (Fsp3) is 0.286. The van der Waals surface area contributed by atoms with Gasteiger partial charge < -0.3 is 10.2 Å². The summed E-state index contributed by atoms with van der Waals surface area (Å²) in [6.45, 7) is 5.15. The van der Waals surface area contributed by atoms with Crippen LogP contribution in [0.15, 0.2) is 77.7 Å². The van der Waals surface area contributed by atoms with E-state index in [0.717, 1.165) is 4.31 Å². The SMILES string of the molecule is CC(C)CNC(=O)[C@H](C)N(Cc1c(Cl)cccc1Cl)C(=O)CN(c1ccccc1Cl)S(=O)(=O)c1ccccc1. The molecule has 0 aliphatic rings. The van der Waals surface area contributed by atoms with E-state index in [2.05, 4.69) is 5.32 Å². The lowest BCUT2D eigenvalue weighted by molar-refractivity contribution is -0.139. The van der Waals surface area contributed by atoms with Crippen molar-refractivity contribution in [2.75, 3.05) is 17.4 Å². The summed E-state index contributed by atoms with van der Waals surface area (Å²) in [7, 11) is -4.21. The number of hydrogen-bond donors (Lipinski definition) is 1. The number of nitrogens with one attached hydrogen (secondary N) is 1. The lowest BCUT2D eigenvalue weighted by Gasteiger charge is -2.32. The molecule has 0 bridgehead atoms. The minimum atomic E-state index is -4.21. The molecule has 39 heavy (non-hydrogen) atoms. The quantitative estimate of drug-likeness (QED) is 0.287. The van der Waals surface area contributed by atoms with Crippen LogP contribution in [0.4, 0.5) is 5.69 Å². The minimum Gasteiger partial charge on any atom is -0.354 e. The summed E-state index contributed by atoms with van der Waals surface area (Å²) in [5, 5.41) is 3.61. The molecule has 2 amide bonds. The van der Waals surface area contributed by atoms with Gasteiger partial charge in [-0.1, -0.05) is 85.0 Å². The highest BCUT2D eigenvalue weighted by Gasteiger charge is 2.33. The number of sulfonamides is 1. The zero-order valence-corrected chi connectivity index (χ0v) is 24.9. The van der Waals surface area contributed by atoms with Crippen LogP contribution < -0.4 is 9.62 Å². The highest BCUT2D eigenvalue weighted by molar-refractivity contribution is 7.92. The largest absolute Gasteiger partial charge is 0.354 e. The van der Waals surface area contributed by atoms with Crippen molar-refractivity contribution in [2.24, 2.45) is 5.92 Å². The Morgan fingerprint density at radius 3 is 1.97 bits per heavy atom. The number of halogens is 3. The van der Waals surface area contributed by atoms with Crippen molar-refractivity contribution < 1.29 is 18.0 Å². The van der Waals surface area contributed by atoms with Crippen LogP contribution in [0.5, 0.6) is 0 Å². The molecule has 0 unspecified atom stereocenters. The van der Waals surface area contributed by atoms with Gasteiger partial charge in [-0.05, 0) is 49.2 Å². The van der Waals surface area contributed by atoms with Crippen molar-refractivity contribution in [3.05, 3.63) is 93.4 Å². The topological polar surface area (TPSA) is 86.8 Å². The molecule has 0 spiro atoms. The normalized spacial score (nSPS) is 12.2. The summed E-state index contributed by atoms with van der Waals surface area (Å²) in [4.78, 5) is 28.3. The zero-order valence-electron chi connectivity index (χ0n) is 21.8. The smallest absolute Gasteiger partial charge is 0.264 e. The molecule has 0 aliphatic carbocycles. The van der Waals surface area contributed by atoms with E-state index in [1.807, 2.05) is 13.8 Å². The van der Waals surface area contributed by atoms with Crippen LogP contribution in [0.3, 0.4) is 0 Å². The highest BCUT2D eigenvalue weighted by atomic mass is 35.5. The Balaban J connectivity index is 2.05. The minimum absolute atomic E-state index is 0.0128. The maximum Gasteiger partial charge on any atom is 0.264 e. The number of carbonyl (C=O) groups is 2. The van der Waals surface area contributed by atoms with Crippen LogP contribution in [0.25, 0.3) is 0 Å². The van der Waals surface area contributed by atoms with Crippen LogP contribution in [0.2, 0.25) is 15.1 Å². The maximum atomic E-state index is 13.9. The number of hydrogen-bond acceptors (Lipinski definition) is 4. The maximum absolute atomic E-state index is 13.9. The summed E-state index contributed by atoms with van der Waals surface area (Å²) in [5.41, 5.74) is 0.567. The lowest BCUT2D eigenvalue weighted by Crippen LogP contribution is -2.51. The Morgan fingerprint density at radius 2 is 1.38 bits per heavy atom. The van der Waals surface area contributed by atoms with Crippen molar-refractivity contribution in [2.45, 2.75) is 38.3 Å². The van der Waals surface area contributed by atoms with Gasteiger partial charge in [-0.2, -0.15) is 0 Å². The molecule has 0 fully saturated rings. The van der Waals surface area contributed by atoms with E-state index in [1.165, 1.54) is 29.2 Å². The van der Waals surface area contributed by atoms with E-state index < -0.39 is 34.4 Å². The Hall–Kier alpha value is -2.78. The van der Waals surface area contributed by atoms with Gasteiger partial charge in [0.1, 0.15) is 12.6 Å². The molecule has 0 aliphatic heterocycles. The second-order valence-electron chi connectivity index (χ2n) is 9.31. The fourth-order valence-electron chi connectivity index (χ4n) is 3.78.